The molecule has 3 aromatic rings. The van der Waals surface area contributed by atoms with Gasteiger partial charge in [-0.2, -0.15) is 5.10 Å². The van der Waals surface area contributed by atoms with Gasteiger partial charge in [0.15, 0.2) is 0 Å². The maximum Gasteiger partial charge on any atom is 0.272 e. The molecule has 7 heteroatoms. The predicted octanol–water partition coefficient (Wildman–Crippen LogP) is 2.58. The Morgan fingerprint density at radius 2 is 1.56 bits per heavy atom. The Balaban J connectivity index is 1.33. The highest BCUT2D eigenvalue weighted by Gasteiger charge is 2.28. The molecule has 1 aromatic heterocycles. The minimum atomic E-state index is -0.0365. The van der Waals surface area contributed by atoms with Crippen LogP contribution >= 0.6 is 0 Å². The van der Waals surface area contributed by atoms with Crippen molar-refractivity contribution in [3.8, 4) is 16.9 Å². The fraction of sp³-hybridized carbons (Fsp3) is 0.320. The van der Waals surface area contributed by atoms with Gasteiger partial charge in [-0.3, -0.25) is 14.5 Å². The van der Waals surface area contributed by atoms with Crippen LogP contribution in [0.25, 0.3) is 16.9 Å². The molecule has 1 saturated heterocycles. The summed E-state index contributed by atoms with van der Waals surface area (Å²) in [4.78, 5) is 29.6. The first-order chi connectivity index (χ1) is 15.7. The first-order valence-electron chi connectivity index (χ1n) is 11.2. The van der Waals surface area contributed by atoms with Gasteiger partial charge in [0.05, 0.1) is 17.9 Å². The molecule has 1 saturated carbocycles. The Morgan fingerprint density at radius 3 is 2.22 bits per heavy atom. The van der Waals surface area contributed by atoms with E-state index in [2.05, 4.69) is 10.2 Å². The monoisotopic (exact) mass is 429 g/mol. The smallest absolute Gasteiger partial charge is 0.272 e. The number of nitrogens with one attached hydrogen (secondary N) is 1. The Bertz CT molecular complexity index is 1080. The van der Waals surface area contributed by atoms with Gasteiger partial charge in [0, 0.05) is 37.8 Å². The Hall–Kier alpha value is -3.45. The van der Waals surface area contributed by atoms with E-state index in [1.165, 1.54) is 0 Å². The van der Waals surface area contributed by atoms with Crippen molar-refractivity contribution in [3.05, 3.63) is 72.4 Å². The van der Waals surface area contributed by atoms with Gasteiger partial charge < -0.3 is 10.2 Å². The lowest BCUT2D eigenvalue weighted by Crippen LogP contribution is -2.51. The molecule has 164 valence electrons. The number of hydrogen-bond acceptors (Lipinski definition) is 4. The molecule has 2 heterocycles. The second-order valence-electron chi connectivity index (χ2n) is 8.44. The van der Waals surface area contributed by atoms with Crippen molar-refractivity contribution < 1.29 is 9.59 Å². The number of benzene rings is 2. The topological polar surface area (TPSA) is 70.5 Å². The number of rotatable bonds is 6. The summed E-state index contributed by atoms with van der Waals surface area (Å²) >= 11 is 0. The van der Waals surface area contributed by atoms with Crippen LogP contribution in [0, 0.1) is 0 Å². The van der Waals surface area contributed by atoms with Crippen molar-refractivity contribution in [1.82, 2.24) is 24.9 Å². The maximum atomic E-state index is 13.5. The standard InChI is InChI=1S/C25H27N5O2/c31-24(26-20-11-12-20)18-28-13-15-29(16-14-28)25(32)23-17-22(19-7-3-1-4-8-19)27-30(23)21-9-5-2-6-10-21/h1-10,17,20H,11-16,18H2,(H,26,31). The van der Waals surface area contributed by atoms with Crippen LogP contribution in [0.5, 0.6) is 0 Å². The SMILES string of the molecule is O=C(CN1CCN(C(=O)c2cc(-c3ccccc3)nn2-c2ccccc2)CC1)NC1CC1. The van der Waals surface area contributed by atoms with Crippen molar-refractivity contribution in [2.45, 2.75) is 18.9 Å². The number of carbonyl (C=O) groups excluding carboxylic acids is 2. The molecule has 1 aliphatic carbocycles. The van der Waals surface area contributed by atoms with E-state index in [9.17, 15) is 9.59 Å². The molecule has 0 unspecified atom stereocenters. The molecule has 2 aliphatic rings. The number of piperazine rings is 1. The van der Waals surface area contributed by atoms with Gasteiger partial charge in [-0.05, 0) is 31.0 Å². The highest BCUT2D eigenvalue weighted by molar-refractivity contribution is 5.94. The average molecular weight is 430 g/mol. The van der Waals surface area contributed by atoms with Crippen LogP contribution in [0.4, 0.5) is 0 Å². The zero-order valence-corrected chi connectivity index (χ0v) is 18.0. The molecular formula is C25H27N5O2. The number of carbonyl (C=O) groups is 2. The van der Waals surface area contributed by atoms with E-state index < -0.39 is 0 Å². The molecule has 2 amide bonds. The van der Waals surface area contributed by atoms with Crippen LogP contribution in [-0.2, 0) is 4.79 Å². The van der Waals surface area contributed by atoms with Crippen LogP contribution in [0.15, 0.2) is 66.7 Å². The number of hydrogen-bond donors (Lipinski definition) is 1. The van der Waals surface area contributed by atoms with Crippen molar-refractivity contribution in [2.75, 3.05) is 32.7 Å². The van der Waals surface area contributed by atoms with Crippen molar-refractivity contribution in [3.63, 3.8) is 0 Å². The Morgan fingerprint density at radius 1 is 0.906 bits per heavy atom. The lowest BCUT2D eigenvalue weighted by molar-refractivity contribution is -0.122. The Labute approximate surface area is 187 Å². The summed E-state index contributed by atoms with van der Waals surface area (Å²) in [7, 11) is 0. The molecule has 7 nitrogen and oxygen atoms in total. The molecule has 2 fully saturated rings. The lowest BCUT2D eigenvalue weighted by Gasteiger charge is -2.34. The number of nitrogens with zero attached hydrogens (tertiary/aromatic N) is 4. The van der Waals surface area contributed by atoms with Gasteiger partial charge in [0.25, 0.3) is 5.91 Å². The average Bonchev–Trinajstić information content (AvgIpc) is 3.53. The predicted molar refractivity (Wildman–Crippen MR) is 123 cm³/mol. The van der Waals surface area contributed by atoms with Crippen LogP contribution in [0.3, 0.4) is 0 Å². The minimum absolute atomic E-state index is 0.0365. The first-order valence-corrected chi connectivity index (χ1v) is 11.2. The van der Waals surface area contributed by atoms with Gasteiger partial charge in [-0.15, -0.1) is 0 Å². The quantitative estimate of drug-likeness (QED) is 0.654. The van der Waals surface area contributed by atoms with E-state index in [1.54, 1.807) is 4.68 Å². The van der Waals surface area contributed by atoms with Gasteiger partial charge in [0.1, 0.15) is 5.69 Å². The molecule has 0 spiro atoms. The molecule has 1 N–H and O–H groups in total. The normalized spacial score (nSPS) is 16.7. The largest absolute Gasteiger partial charge is 0.352 e. The third-order valence-corrected chi connectivity index (χ3v) is 5.97. The van der Waals surface area contributed by atoms with Crippen LogP contribution in [0.2, 0.25) is 0 Å². The third kappa shape index (κ3) is 4.57. The summed E-state index contributed by atoms with van der Waals surface area (Å²) in [6.45, 7) is 2.97. The van der Waals surface area contributed by atoms with Crippen LogP contribution in [0.1, 0.15) is 23.3 Å². The molecular weight excluding hydrogens is 402 g/mol. The van der Waals surface area contributed by atoms with E-state index in [0.29, 0.717) is 44.5 Å². The number of amides is 2. The van der Waals surface area contributed by atoms with Crippen molar-refractivity contribution >= 4 is 11.8 Å². The summed E-state index contributed by atoms with van der Waals surface area (Å²) in [5.74, 6) is 0.0487. The van der Waals surface area contributed by atoms with E-state index in [1.807, 2.05) is 71.6 Å². The molecule has 0 bridgehead atoms. The van der Waals surface area contributed by atoms with E-state index in [0.717, 1.165) is 29.8 Å². The second kappa shape index (κ2) is 8.96. The minimum Gasteiger partial charge on any atom is -0.352 e. The fourth-order valence-electron chi connectivity index (χ4n) is 4.02. The van der Waals surface area contributed by atoms with E-state index in [-0.39, 0.29) is 11.8 Å². The molecule has 2 aromatic carbocycles. The molecule has 1 aliphatic heterocycles. The lowest BCUT2D eigenvalue weighted by atomic mass is 10.1. The third-order valence-electron chi connectivity index (χ3n) is 5.97. The summed E-state index contributed by atoms with van der Waals surface area (Å²) in [6.07, 6.45) is 2.18. The zero-order chi connectivity index (χ0) is 21.9. The van der Waals surface area contributed by atoms with Crippen LogP contribution < -0.4 is 5.32 Å². The van der Waals surface area contributed by atoms with Gasteiger partial charge in [0.2, 0.25) is 5.91 Å². The zero-order valence-electron chi connectivity index (χ0n) is 18.0. The van der Waals surface area contributed by atoms with Crippen molar-refractivity contribution in [1.29, 1.82) is 0 Å². The van der Waals surface area contributed by atoms with Gasteiger partial charge in [-0.25, -0.2) is 4.68 Å². The summed E-state index contributed by atoms with van der Waals surface area (Å²) in [5.41, 5.74) is 3.15. The van der Waals surface area contributed by atoms with Crippen LogP contribution in [-0.4, -0.2) is 70.2 Å². The maximum absolute atomic E-state index is 13.5. The highest BCUT2D eigenvalue weighted by Crippen LogP contribution is 2.23. The molecule has 0 atom stereocenters. The molecule has 5 rings (SSSR count). The summed E-state index contributed by atoms with van der Waals surface area (Å²) < 4.78 is 1.74. The van der Waals surface area contributed by atoms with Gasteiger partial charge in [-0.1, -0.05) is 48.5 Å². The Kier molecular flexibility index (Phi) is 5.73. The summed E-state index contributed by atoms with van der Waals surface area (Å²) in [5, 5.41) is 7.79. The molecule has 0 radical (unpaired) electrons. The van der Waals surface area contributed by atoms with E-state index in [4.69, 9.17) is 5.10 Å². The molecule has 32 heavy (non-hydrogen) atoms. The second-order valence-corrected chi connectivity index (χ2v) is 8.44. The summed E-state index contributed by atoms with van der Waals surface area (Å²) in [6, 6.07) is 21.9. The number of para-hydroxylation sites is 1. The fourth-order valence-corrected chi connectivity index (χ4v) is 4.02. The number of aromatic nitrogens is 2. The van der Waals surface area contributed by atoms with E-state index >= 15 is 0 Å². The first kappa shape index (κ1) is 20.5. The highest BCUT2D eigenvalue weighted by atomic mass is 16.2. The van der Waals surface area contributed by atoms with Gasteiger partial charge >= 0.3 is 0 Å². The van der Waals surface area contributed by atoms with Crippen molar-refractivity contribution in [2.24, 2.45) is 0 Å².